The number of rotatable bonds is 6. The van der Waals surface area contributed by atoms with E-state index >= 15 is 0 Å². The van der Waals surface area contributed by atoms with Gasteiger partial charge in [-0.3, -0.25) is 0 Å². The highest BCUT2D eigenvalue weighted by Crippen LogP contribution is 2.31. The number of aromatic nitrogens is 1. The standard InChI is InChI=1S/C16H18N2O3/c1-21-10-9-18(11-5-6-11)15-8-7-12-13(16(19)20)3-2-4-14(12)17-15/h2-4,7-8,11H,5-6,9-10H2,1H3,(H,19,20). The van der Waals surface area contributed by atoms with Crippen molar-refractivity contribution < 1.29 is 14.6 Å². The summed E-state index contributed by atoms with van der Waals surface area (Å²) in [7, 11) is 1.69. The van der Waals surface area contributed by atoms with Gasteiger partial charge in [0.05, 0.1) is 17.7 Å². The van der Waals surface area contributed by atoms with Crippen LogP contribution in [-0.2, 0) is 4.74 Å². The summed E-state index contributed by atoms with van der Waals surface area (Å²) in [6, 6.07) is 9.49. The van der Waals surface area contributed by atoms with Crippen molar-refractivity contribution >= 4 is 22.7 Å². The summed E-state index contributed by atoms with van der Waals surface area (Å²) in [4.78, 5) is 18.1. The maximum absolute atomic E-state index is 11.2. The molecule has 2 aromatic rings. The number of anilines is 1. The van der Waals surface area contributed by atoms with Gasteiger partial charge in [0, 0.05) is 25.1 Å². The largest absolute Gasteiger partial charge is 0.478 e. The molecule has 0 spiro atoms. The molecule has 1 aliphatic rings. The number of benzene rings is 1. The molecule has 0 radical (unpaired) electrons. The molecule has 21 heavy (non-hydrogen) atoms. The van der Waals surface area contributed by atoms with E-state index in [0.717, 1.165) is 17.9 Å². The van der Waals surface area contributed by atoms with Crippen molar-refractivity contribution in [3.05, 3.63) is 35.9 Å². The van der Waals surface area contributed by atoms with E-state index in [1.54, 1.807) is 19.2 Å². The van der Waals surface area contributed by atoms with Gasteiger partial charge in [0.2, 0.25) is 0 Å². The molecule has 1 heterocycles. The lowest BCUT2D eigenvalue weighted by atomic mass is 10.1. The zero-order valence-corrected chi connectivity index (χ0v) is 12.0. The summed E-state index contributed by atoms with van der Waals surface area (Å²) in [6.07, 6.45) is 2.36. The Balaban J connectivity index is 1.98. The Labute approximate surface area is 123 Å². The zero-order chi connectivity index (χ0) is 14.8. The third-order valence-electron chi connectivity index (χ3n) is 3.77. The van der Waals surface area contributed by atoms with E-state index in [1.807, 2.05) is 18.2 Å². The maximum atomic E-state index is 11.2. The lowest BCUT2D eigenvalue weighted by Crippen LogP contribution is -2.30. The molecule has 1 fully saturated rings. The number of hydrogen-bond acceptors (Lipinski definition) is 4. The van der Waals surface area contributed by atoms with Crippen molar-refractivity contribution in [1.82, 2.24) is 4.98 Å². The van der Waals surface area contributed by atoms with Crippen LogP contribution in [0.4, 0.5) is 5.82 Å². The topological polar surface area (TPSA) is 62.7 Å². The molecule has 0 unspecified atom stereocenters. The number of ether oxygens (including phenoxy) is 1. The molecule has 1 N–H and O–H groups in total. The Hall–Kier alpha value is -2.14. The van der Waals surface area contributed by atoms with Crippen LogP contribution >= 0.6 is 0 Å². The second-order valence-corrected chi connectivity index (χ2v) is 5.26. The van der Waals surface area contributed by atoms with Crippen LogP contribution in [0, 0.1) is 0 Å². The first kappa shape index (κ1) is 13.8. The predicted molar refractivity (Wildman–Crippen MR) is 80.9 cm³/mol. The minimum Gasteiger partial charge on any atom is -0.478 e. The summed E-state index contributed by atoms with van der Waals surface area (Å²) >= 11 is 0. The molecule has 1 aliphatic carbocycles. The van der Waals surface area contributed by atoms with Crippen molar-refractivity contribution in [1.29, 1.82) is 0 Å². The van der Waals surface area contributed by atoms with Crippen LogP contribution < -0.4 is 4.90 Å². The molecule has 3 rings (SSSR count). The predicted octanol–water partition coefficient (Wildman–Crippen LogP) is 2.55. The van der Waals surface area contributed by atoms with Gasteiger partial charge in [0.1, 0.15) is 5.82 Å². The SMILES string of the molecule is COCCN(c1ccc2c(C(=O)O)cccc2n1)C1CC1. The summed E-state index contributed by atoms with van der Waals surface area (Å²) in [5.41, 5.74) is 1.01. The van der Waals surface area contributed by atoms with E-state index in [0.29, 0.717) is 23.6 Å². The molecule has 1 aromatic heterocycles. The molecule has 0 bridgehead atoms. The van der Waals surface area contributed by atoms with E-state index in [-0.39, 0.29) is 0 Å². The monoisotopic (exact) mass is 286 g/mol. The van der Waals surface area contributed by atoms with Gasteiger partial charge in [-0.15, -0.1) is 0 Å². The second kappa shape index (κ2) is 5.69. The smallest absolute Gasteiger partial charge is 0.336 e. The van der Waals surface area contributed by atoms with E-state index in [9.17, 15) is 9.90 Å². The molecule has 110 valence electrons. The molecule has 0 amide bonds. The fourth-order valence-corrected chi connectivity index (χ4v) is 2.55. The van der Waals surface area contributed by atoms with Crippen LogP contribution in [0.1, 0.15) is 23.2 Å². The first-order valence-electron chi connectivity index (χ1n) is 7.09. The number of fused-ring (bicyclic) bond motifs is 1. The third kappa shape index (κ3) is 2.83. The number of nitrogens with zero attached hydrogens (tertiary/aromatic N) is 2. The molecular formula is C16H18N2O3. The molecule has 5 heteroatoms. The van der Waals surface area contributed by atoms with E-state index in [1.165, 1.54) is 12.8 Å². The van der Waals surface area contributed by atoms with Gasteiger partial charge < -0.3 is 14.7 Å². The third-order valence-corrected chi connectivity index (χ3v) is 3.77. The first-order chi connectivity index (χ1) is 10.2. The number of carbonyl (C=O) groups is 1. The summed E-state index contributed by atoms with van der Waals surface area (Å²) in [5.74, 6) is -0.0295. The number of carboxylic acids is 1. The number of hydrogen-bond donors (Lipinski definition) is 1. The number of aromatic carboxylic acids is 1. The van der Waals surface area contributed by atoms with Crippen molar-refractivity contribution in [2.75, 3.05) is 25.2 Å². The molecular weight excluding hydrogens is 268 g/mol. The van der Waals surface area contributed by atoms with Gasteiger partial charge in [0.25, 0.3) is 0 Å². The fourth-order valence-electron chi connectivity index (χ4n) is 2.55. The summed E-state index contributed by atoms with van der Waals surface area (Å²) in [6.45, 7) is 1.46. The van der Waals surface area contributed by atoms with E-state index in [2.05, 4.69) is 9.88 Å². The van der Waals surface area contributed by atoms with Crippen molar-refractivity contribution in [3.63, 3.8) is 0 Å². The van der Waals surface area contributed by atoms with Crippen LogP contribution in [0.25, 0.3) is 10.9 Å². The summed E-state index contributed by atoms with van der Waals surface area (Å²) in [5, 5.41) is 9.90. The van der Waals surface area contributed by atoms with Crippen LogP contribution in [0.2, 0.25) is 0 Å². The van der Waals surface area contributed by atoms with Gasteiger partial charge in [-0.2, -0.15) is 0 Å². The Morgan fingerprint density at radius 3 is 2.86 bits per heavy atom. The number of pyridine rings is 1. The first-order valence-corrected chi connectivity index (χ1v) is 7.09. The summed E-state index contributed by atoms with van der Waals surface area (Å²) < 4.78 is 5.16. The normalized spacial score (nSPS) is 14.3. The average molecular weight is 286 g/mol. The van der Waals surface area contributed by atoms with Gasteiger partial charge in [0.15, 0.2) is 0 Å². The molecule has 0 aliphatic heterocycles. The highest BCUT2D eigenvalue weighted by atomic mass is 16.5. The molecule has 1 aromatic carbocycles. The van der Waals surface area contributed by atoms with Crippen molar-refractivity contribution in [2.45, 2.75) is 18.9 Å². The van der Waals surface area contributed by atoms with Crippen molar-refractivity contribution in [2.24, 2.45) is 0 Å². The van der Waals surface area contributed by atoms with Crippen LogP contribution in [0.15, 0.2) is 30.3 Å². The Bertz CT molecular complexity index is 668. The number of methoxy groups -OCH3 is 1. The molecule has 0 saturated heterocycles. The van der Waals surface area contributed by atoms with Gasteiger partial charge in [-0.1, -0.05) is 6.07 Å². The Morgan fingerprint density at radius 1 is 1.38 bits per heavy atom. The fraction of sp³-hybridized carbons (Fsp3) is 0.375. The lowest BCUT2D eigenvalue weighted by Gasteiger charge is -2.23. The Morgan fingerprint density at radius 2 is 2.19 bits per heavy atom. The van der Waals surface area contributed by atoms with Crippen LogP contribution in [0.5, 0.6) is 0 Å². The highest BCUT2D eigenvalue weighted by molar-refractivity contribution is 6.02. The quantitative estimate of drug-likeness (QED) is 0.884. The van der Waals surface area contributed by atoms with Gasteiger partial charge >= 0.3 is 5.97 Å². The maximum Gasteiger partial charge on any atom is 0.336 e. The highest BCUT2D eigenvalue weighted by Gasteiger charge is 2.29. The number of carboxylic acid groups (broad SMARTS) is 1. The van der Waals surface area contributed by atoms with Gasteiger partial charge in [-0.25, -0.2) is 9.78 Å². The van der Waals surface area contributed by atoms with E-state index < -0.39 is 5.97 Å². The lowest BCUT2D eigenvalue weighted by molar-refractivity contribution is 0.0699. The van der Waals surface area contributed by atoms with E-state index in [4.69, 9.17) is 4.74 Å². The molecule has 5 nitrogen and oxygen atoms in total. The molecule has 1 saturated carbocycles. The van der Waals surface area contributed by atoms with Crippen LogP contribution in [-0.4, -0.2) is 42.4 Å². The van der Waals surface area contributed by atoms with Crippen LogP contribution in [0.3, 0.4) is 0 Å². The average Bonchev–Trinajstić information content (AvgIpc) is 3.31. The zero-order valence-electron chi connectivity index (χ0n) is 12.0. The van der Waals surface area contributed by atoms with Crippen molar-refractivity contribution in [3.8, 4) is 0 Å². The second-order valence-electron chi connectivity index (χ2n) is 5.26. The minimum absolute atomic E-state index is 0.293. The molecule has 0 atom stereocenters. The van der Waals surface area contributed by atoms with Gasteiger partial charge in [-0.05, 0) is 37.1 Å². The Kier molecular flexibility index (Phi) is 3.75. The minimum atomic E-state index is -0.923.